The number of Topliss-reactive ketones (excluding diaryl/α,β-unsaturated/α-hetero) is 1. The highest BCUT2D eigenvalue weighted by atomic mass is 32.2. The van der Waals surface area contributed by atoms with E-state index in [9.17, 15) is 4.79 Å². The molecule has 0 fully saturated rings. The van der Waals surface area contributed by atoms with Crippen LogP contribution in [0, 0.1) is 13.8 Å². The summed E-state index contributed by atoms with van der Waals surface area (Å²) in [6.07, 6.45) is 1.67. The summed E-state index contributed by atoms with van der Waals surface area (Å²) < 4.78 is 9.60. The number of carbonyl (C=O) groups excluding carboxylic acids is 1. The van der Waals surface area contributed by atoms with Crippen LogP contribution in [0.1, 0.15) is 27.5 Å². The largest absolute Gasteiger partial charge is 0.467 e. The highest BCUT2D eigenvalue weighted by Crippen LogP contribution is 2.29. The summed E-state index contributed by atoms with van der Waals surface area (Å²) in [6, 6.07) is 25.7. The van der Waals surface area contributed by atoms with Gasteiger partial charge in [0.2, 0.25) is 0 Å². The fourth-order valence-electron chi connectivity index (χ4n) is 4.04. The molecule has 5 aromatic rings. The van der Waals surface area contributed by atoms with Gasteiger partial charge in [0.15, 0.2) is 16.8 Å². The van der Waals surface area contributed by atoms with Gasteiger partial charge < -0.3 is 8.98 Å². The van der Waals surface area contributed by atoms with E-state index < -0.39 is 0 Å². The van der Waals surface area contributed by atoms with Crippen molar-refractivity contribution in [3.05, 3.63) is 108 Å². The Labute approximate surface area is 202 Å². The smallest absolute Gasteiger partial charge is 0.196 e. The third kappa shape index (κ3) is 4.34. The SMILES string of the molecule is Cc1cc(C(=O)CSc2nnc(-c3ccccc3)n2-c2ccccc2)c(C)n1Cc1ccco1. The summed E-state index contributed by atoms with van der Waals surface area (Å²) >= 11 is 1.40. The number of aryl methyl sites for hydroxylation is 1. The van der Waals surface area contributed by atoms with E-state index in [0.29, 0.717) is 11.7 Å². The minimum Gasteiger partial charge on any atom is -0.467 e. The summed E-state index contributed by atoms with van der Waals surface area (Å²) in [4.78, 5) is 13.2. The fraction of sp³-hybridized carbons (Fsp3) is 0.148. The first-order chi connectivity index (χ1) is 16.6. The quantitative estimate of drug-likeness (QED) is 0.207. The van der Waals surface area contributed by atoms with Gasteiger partial charge in [0, 0.05) is 28.2 Å². The lowest BCUT2D eigenvalue weighted by Gasteiger charge is -2.10. The molecule has 170 valence electrons. The summed E-state index contributed by atoms with van der Waals surface area (Å²) in [5.74, 6) is 1.94. The topological polar surface area (TPSA) is 65.8 Å². The zero-order valence-corrected chi connectivity index (χ0v) is 19.8. The number of benzene rings is 2. The molecule has 0 unspecified atom stereocenters. The van der Waals surface area contributed by atoms with Crippen molar-refractivity contribution in [1.29, 1.82) is 0 Å². The Morgan fingerprint density at radius 2 is 1.68 bits per heavy atom. The lowest BCUT2D eigenvalue weighted by molar-refractivity contribution is 0.102. The monoisotopic (exact) mass is 468 g/mol. The number of thioether (sulfide) groups is 1. The van der Waals surface area contributed by atoms with Crippen molar-refractivity contribution < 1.29 is 9.21 Å². The molecule has 7 heteroatoms. The molecular formula is C27H24N4O2S. The molecule has 0 bridgehead atoms. The summed E-state index contributed by atoms with van der Waals surface area (Å²) in [5.41, 5.74) is 4.62. The third-order valence-electron chi connectivity index (χ3n) is 5.78. The number of carbonyl (C=O) groups is 1. The minimum absolute atomic E-state index is 0.0627. The normalized spacial score (nSPS) is 11.1. The number of ketones is 1. The Hall–Kier alpha value is -3.84. The molecule has 0 saturated heterocycles. The summed E-state index contributed by atoms with van der Waals surface area (Å²) in [5, 5.41) is 9.58. The number of hydrogen-bond donors (Lipinski definition) is 0. The van der Waals surface area contributed by atoms with Crippen LogP contribution in [0.4, 0.5) is 0 Å². The van der Waals surface area contributed by atoms with E-state index in [-0.39, 0.29) is 11.5 Å². The predicted molar refractivity (Wildman–Crippen MR) is 134 cm³/mol. The molecule has 0 aliphatic heterocycles. The Kier molecular flexibility index (Phi) is 6.18. The number of hydrogen-bond acceptors (Lipinski definition) is 5. The van der Waals surface area contributed by atoms with E-state index in [0.717, 1.165) is 39.8 Å². The molecule has 0 amide bonds. The Morgan fingerprint density at radius 3 is 2.38 bits per heavy atom. The lowest BCUT2D eigenvalue weighted by atomic mass is 10.2. The van der Waals surface area contributed by atoms with E-state index in [1.807, 2.05) is 97.3 Å². The molecule has 0 aliphatic carbocycles. The molecule has 34 heavy (non-hydrogen) atoms. The van der Waals surface area contributed by atoms with Crippen LogP contribution in [-0.4, -0.2) is 30.9 Å². The van der Waals surface area contributed by atoms with Crippen molar-refractivity contribution in [2.75, 3.05) is 5.75 Å². The zero-order valence-electron chi connectivity index (χ0n) is 19.0. The van der Waals surface area contributed by atoms with Gasteiger partial charge in [-0.05, 0) is 44.2 Å². The Morgan fingerprint density at radius 1 is 0.941 bits per heavy atom. The molecule has 0 spiro atoms. The second-order valence-corrected chi connectivity index (χ2v) is 8.95. The molecule has 0 atom stereocenters. The van der Waals surface area contributed by atoms with Crippen molar-refractivity contribution in [3.8, 4) is 17.1 Å². The first-order valence-corrected chi connectivity index (χ1v) is 12.0. The number of furan rings is 1. The molecule has 6 nitrogen and oxygen atoms in total. The van der Waals surface area contributed by atoms with Gasteiger partial charge in [0.25, 0.3) is 0 Å². The van der Waals surface area contributed by atoms with Gasteiger partial charge in [-0.2, -0.15) is 0 Å². The van der Waals surface area contributed by atoms with Crippen LogP contribution in [0.15, 0.2) is 94.7 Å². The van der Waals surface area contributed by atoms with E-state index in [2.05, 4.69) is 14.8 Å². The Balaban J connectivity index is 1.41. The molecule has 0 saturated carbocycles. The van der Waals surface area contributed by atoms with Gasteiger partial charge >= 0.3 is 0 Å². The molecule has 0 N–H and O–H groups in total. The maximum atomic E-state index is 13.2. The van der Waals surface area contributed by atoms with Gasteiger partial charge in [0.05, 0.1) is 18.6 Å². The highest BCUT2D eigenvalue weighted by Gasteiger charge is 2.20. The number of nitrogens with zero attached hydrogens (tertiary/aromatic N) is 4. The van der Waals surface area contributed by atoms with Gasteiger partial charge in [-0.25, -0.2) is 0 Å². The van der Waals surface area contributed by atoms with Gasteiger partial charge in [-0.15, -0.1) is 10.2 Å². The van der Waals surface area contributed by atoms with E-state index in [1.54, 1.807) is 6.26 Å². The highest BCUT2D eigenvalue weighted by molar-refractivity contribution is 7.99. The minimum atomic E-state index is 0.0627. The summed E-state index contributed by atoms with van der Waals surface area (Å²) in [7, 11) is 0. The number of para-hydroxylation sites is 1. The van der Waals surface area contributed by atoms with Crippen molar-refractivity contribution in [2.45, 2.75) is 25.5 Å². The number of rotatable bonds is 8. The van der Waals surface area contributed by atoms with E-state index >= 15 is 0 Å². The first kappa shape index (κ1) is 22.0. The maximum absolute atomic E-state index is 13.2. The van der Waals surface area contributed by atoms with Crippen LogP contribution >= 0.6 is 11.8 Å². The molecule has 2 aromatic carbocycles. The summed E-state index contributed by atoms with van der Waals surface area (Å²) in [6.45, 7) is 4.60. The standard InChI is InChI=1S/C27H24N4O2S/c1-19-16-24(20(2)30(19)17-23-14-9-15-33-23)25(32)18-34-27-29-28-26(21-10-5-3-6-11-21)31(27)22-12-7-4-8-13-22/h3-16H,17-18H2,1-2H3. The zero-order chi connectivity index (χ0) is 23.5. The lowest BCUT2D eigenvalue weighted by Crippen LogP contribution is -2.08. The van der Waals surface area contributed by atoms with Crippen molar-refractivity contribution >= 4 is 17.5 Å². The molecule has 3 aromatic heterocycles. The van der Waals surface area contributed by atoms with E-state index in [4.69, 9.17) is 4.42 Å². The molecule has 0 radical (unpaired) electrons. The van der Waals surface area contributed by atoms with E-state index in [1.165, 1.54) is 11.8 Å². The van der Waals surface area contributed by atoms with Crippen molar-refractivity contribution in [1.82, 2.24) is 19.3 Å². The first-order valence-electron chi connectivity index (χ1n) is 11.0. The Bertz CT molecular complexity index is 1400. The van der Waals surface area contributed by atoms with Crippen LogP contribution < -0.4 is 0 Å². The average molecular weight is 469 g/mol. The van der Waals surface area contributed by atoms with Crippen LogP contribution in [0.5, 0.6) is 0 Å². The second-order valence-electron chi connectivity index (χ2n) is 8.01. The molecular weight excluding hydrogens is 444 g/mol. The predicted octanol–water partition coefficient (Wildman–Crippen LogP) is 5.97. The maximum Gasteiger partial charge on any atom is 0.196 e. The van der Waals surface area contributed by atoms with Crippen molar-refractivity contribution in [3.63, 3.8) is 0 Å². The van der Waals surface area contributed by atoms with Crippen LogP contribution in [0.2, 0.25) is 0 Å². The fourth-order valence-corrected chi connectivity index (χ4v) is 4.88. The van der Waals surface area contributed by atoms with Gasteiger partial charge in [-0.3, -0.25) is 9.36 Å². The van der Waals surface area contributed by atoms with Crippen molar-refractivity contribution in [2.24, 2.45) is 0 Å². The van der Waals surface area contributed by atoms with Gasteiger partial charge in [0.1, 0.15) is 5.76 Å². The van der Waals surface area contributed by atoms with Crippen LogP contribution in [0.25, 0.3) is 17.1 Å². The third-order valence-corrected chi connectivity index (χ3v) is 6.71. The molecule has 3 heterocycles. The molecule has 0 aliphatic rings. The van der Waals surface area contributed by atoms with Crippen LogP contribution in [-0.2, 0) is 6.54 Å². The van der Waals surface area contributed by atoms with Crippen LogP contribution in [0.3, 0.4) is 0 Å². The molecule has 5 rings (SSSR count). The second kappa shape index (κ2) is 9.57. The average Bonchev–Trinajstić information content (AvgIpc) is 3.60. The van der Waals surface area contributed by atoms with Gasteiger partial charge in [-0.1, -0.05) is 60.3 Å². The number of aromatic nitrogens is 4.